The first kappa shape index (κ1) is 21.2. The Bertz CT molecular complexity index is 1300. The molecule has 0 fully saturated rings. The second-order valence-electron chi connectivity index (χ2n) is 6.95. The summed E-state index contributed by atoms with van der Waals surface area (Å²) in [6.07, 6.45) is -4.15. The molecule has 0 spiro atoms. The van der Waals surface area contributed by atoms with Crippen LogP contribution >= 0.6 is 0 Å². The molecule has 0 radical (unpaired) electrons. The van der Waals surface area contributed by atoms with E-state index in [9.17, 15) is 32.7 Å². The fraction of sp³-hybridized carbons (Fsp3) is 0.200. The van der Waals surface area contributed by atoms with E-state index in [4.69, 9.17) is 9.84 Å². The first-order chi connectivity index (χ1) is 15.1. The van der Waals surface area contributed by atoms with E-state index < -0.39 is 53.1 Å². The van der Waals surface area contributed by atoms with Crippen molar-refractivity contribution in [1.29, 1.82) is 0 Å². The second-order valence-corrected chi connectivity index (χ2v) is 6.95. The zero-order valence-electron chi connectivity index (χ0n) is 16.0. The number of halogens is 3. The molecule has 3 N–H and O–H groups in total. The summed E-state index contributed by atoms with van der Waals surface area (Å²) in [6, 6.07) is 5.54. The summed E-state index contributed by atoms with van der Waals surface area (Å²) in [5.41, 5.74) is -2.00. The Kier molecular flexibility index (Phi) is 4.99. The van der Waals surface area contributed by atoms with Gasteiger partial charge in [-0.15, -0.1) is 0 Å². The molecule has 2 aromatic heterocycles. The Morgan fingerprint density at radius 2 is 1.91 bits per heavy atom. The van der Waals surface area contributed by atoms with Gasteiger partial charge in [-0.2, -0.15) is 13.2 Å². The summed E-state index contributed by atoms with van der Waals surface area (Å²) in [5, 5.41) is 21.4. The molecule has 9 nitrogen and oxygen atoms in total. The van der Waals surface area contributed by atoms with Gasteiger partial charge in [-0.05, 0) is 23.8 Å². The summed E-state index contributed by atoms with van der Waals surface area (Å²) in [7, 11) is 0. The Labute approximate surface area is 176 Å². The molecule has 3 heterocycles. The molecule has 1 aromatic carbocycles. The van der Waals surface area contributed by atoms with Crippen LogP contribution in [0.3, 0.4) is 0 Å². The molecule has 1 amide bonds. The van der Waals surface area contributed by atoms with E-state index in [1.54, 1.807) is 0 Å². The predicted octanol–water partition coefficient (Wildman–Crippen LogP) is 2.07. The zero-order valence-corrected chi connectivity index (χ0v) is 16.0. The van der Waals surface area contributed by atoms with Crippen molar-refractivity contribution in [1.82, 2.24) is 14.9 Å². The number of aromatic hydroxyl groups is 1. The van der Waals surface area contributed by atoms with Crippen molar-refractivity contribution in [2.45, 2.75) is 18.8 Å². The number of ether oxygens (including phenoxy) is 1. The van der Waals surface area contributed by atoms with Gasteiger partial charge in [-0.3, -0.25) is 19.0 Å². The summed E-state index contributed by atoms with van der Waals surface area (Å²) in [4.78, 5) is 40.2. The summed E-state index contributed by atoms with van der Waals surface area (Å²) in [5.74, 6) is -3.15. The molecule has 0 bridgehead atoms. The molecule has 0 saturated carbocycles. The molecule has 1 aliphatic rings. The smallest absolute Gasteiger partial charge is 0.416 e. The number of carboxylic acids is 1. The van der Waals surface area contributed by atoms with Gasteiger partial charge in [0, 0.05) is 11.6 Å². The lowest BCUT2D eigenvalue weighted by Gasteiger charge is -2.28. The average Bonchev–Trinajstić information content (AvgIpc) is 2.75. The third kappa shape index (κ3) is 3.59. The van der Waals surface area contributed by atoms with Crippen LogP contribution in [0.15, 0.2) is 41.3 Å². The minimum Gasteiger partial charge on any atom is -0.506 e. The quantitative estimate of drug-likeness (QED) is 0.556. The maximum Gasteiger partial charge on any atom is 0.416 e. The number of carbonyl (C=O) groups excluding carboxylic acids is 1. The minimum atomic E-state index is -4.52. The number of aliphatic carboxylic acids is 1. The number of alkyl halides is 3. The molecule has 0 saturated heterocycles. The largest absolute Gasteiger partial charge is 0.506 e. The van der Waals surface area contributed by atoms with Gasteiger partial charge in [-0.25, -0.2) is 4.98 Å². The van der Waals surface area contributed by atoms with Gasteiger partial charge >= 0.3 is 12.1 Å². The van der Waals surface area contributed by atoms with E-state index in [0.29, 0.717) is 5.56 Å². The molecular formula is C20H14F3N3O6. The third-order valence-corrected chi connectivity index (χ3v) is 4.95. The van der Waals surface area contributed by atoms with Crippen molar-refractivity contribution >= 4 is 22.8 Å². The fourth-order valence-electron chi connectivity index (χ4n) is 3.47. The number of benzene rings is 1. The number of carboxylic acid groups (broad SMARTS) is 1. The molecule has 0 aliphatic carbocycles. The highest BCUT2D eigenvalue weighted by Crippen LogP contribution is 2.38. The number of amides is 1. The van der Waals surface area contributed by atoms with Crippen molar-refractivity contribution in [2.75, 3.05) is 6.54 Å². The molecule has 3 aromatic rings. The normalized spacial score (nSPS) is 15.3. The lowest BCUT2D eigenvalue weighted by atomic mass is 10.0. The summed E-state index contributed by atoms with van der Waals surface area (Å²) >= 11 is 0. The fourth-order valence-corrected chi connectivity index (χ4v) is 3.47. The Hall–Kier alpha value is -4.09. The molecule has 166 valence electrons. The number of hydrogen-bond donors (Lipinski definition) is 3. The lowest BCUT2D eigenvalue weighted by Crippen LogP contribution is -2.38. The molecular weight excluding hydrogens is 435 g/mol. The second kappa shape index (κ2) is 7.55. The standard InChI is InChI=1S/C20H14F3N3O6/c21-20(22,23)10-3-1-9(2-4-10)12-8-26-15-11(5-6-24-18(15)32-12)16(29)14(19(26)31)17(30)25-7-13(27)28/h1-6,12,29H,7-8H2,(H,25,30)(H,27,28). The first-order valence-corrected chi connectivity index (χ1v) is 9.16. The zero-order chi connectivity index (χ0) is 23.2. The number of hydrogen-bond acceptors (Lipinski definition) is 6. The van der Waals surface area contributed by atoms with Crippen LogP contribution in [0, 0.1) is 0 Å². The van der Waals surface area contributed by atoms with Crippen LogP contribution in [-0.2, 0) is 17.5 Å². The maximum atomic E-state index is 13.0. The van der Waals surface area contributed by atoms with Gasteiger partial charge in [0.2, 0.25) is 5.88 Å². The van der Waals surface area contributed by atoms with E-state index in [-0.39, 0.29) is 23.3 Å². The van der Waals surface area contributed by atoms with Crippen LogP contribution in [0.2, 0.25) is 0 Å². The number of nitrogens with zero attached hydrogens (tertiary/aromatic N) is 2. The van der Waals surface area contributed by atoms with Crippen LogP contribution in [0.5, 0.6) is 11.6 Å². The van der Waals surface area contributed by atoms with Crippen molar-refractivity contribution in [2.24, 2.45) is 0 Å². The Morgan fingerprint density at radius 1 is 1.22 bits per heavy atom. The molecule has 1 atom stereocenters. The van der Waals surface area contributed by atoms with Crippen LogP contribution in [0.4, 0.5) is 13.2 Å². The molecule has 12 heteroatoms. The molecule has 1 unspecified atom stereocenters. The van der Waals surface area contributed by atoms with Crippen LogP contribution in [-0.4, -0.2) is 38.2 Å². The predicted molar refractivity (Wildman–Crippen MR) is 102 cm³/mol. The topological polar surface area (TPSA) is 131 Å². The molecule has 4 rings (SSSR count). The van der Waals surface area contributed by atoms with Gasteiger partial charge in [0.25, 0.3) is 11.5 Å². The Balaban J connectivity index is 1.79. The third-order valence-electron chi connectivity index (χ3n) is 4.95. The first-order valence-electron chi connectivity index (χ1n) is 9.16. The number of nitrogens with one attached hydrogen (secondary N) is 1. The number of rotatable bonds is 4. The highest BCUT2D eigenvalue weighted by Gasteiger charge is 2.33. The van der Waals surface area contributed by atoms with Crippen LogP contribution < -0.4 is 15.6 Å². The summed E-state index contributed by atoms with van der Waals surface area (Å²) in [6.45, 7) is -0.951. The average molecular weight is 449 g/mol. The number of carbonyl (C=O) groups is 2. The van der Waals surface area contributed by atoms with Crippen LogP contribution in [0.1, 0.15) is 27.6 Å². The molecule has 32 heavy (non-hydrogen) atoms. The van der Waals surface area contributed by atoms with Gasteiger partial charge in [0.15, 0.2) is 0 Å². The van der Waals surface area contributed by atoms with Crippen molar-refractivity contribution in [3.63, 3.8) is 0 Å². The highest BCUT2D eigenvalue weighted by molar-refractivity contribution is 6.03. The summed E-state index contributed by atoms with van der Waals surface area (Å²) < 4.78 is 45.4. The van der Waals surface area contributed by atoms with Gasteiger partial charge < -0.3 is 20.3 Å². The van der Waals surface area contributed by atoms with E-state index in [1.807, 2.05) is 5.32 Å². The SMILES string of the molecule is O=C(O)CNC(=O)c1c(O)c2ccnc3c2n(c1=O)CC(c1ccc(C(F)(F)F)cc1)O3. The molecule has 1 aliphatic heterocycles. The highest BCUT2D eigenvalue weighted by atomic mass is 19.4. The van der Waals surface area contributed by atoms with Crippen molar-refractivity contribution < 1.29 is 37.7 Å². The number of pyridine rings is 2. The van der Waals surface area contributed by atoms with Gasteiger partial charge in [0.1, 0.15) is 29.5 Å². The van der Waals surface area contributed by atoms with E-state index in [1.165, 1.54) is 24.4 Å². The minimum absolute atomic E-state index is 0.0523. The van der Waals surface area contributed by atoms with Crippen molar-refractivity contribution in [3.8, 4) is 11.6 Å². The van der Waals surface area contributed by atoms with Gasteiger partial charge in [-0.1, -0.05) is 12.1 Å². The van der Waals surface area contributed by atoms with Gasteiger partial charge in [0.05, 0.1) is 12.1 Å². The Morgan fingerprint density at radius 3 is 2.53 bits per heavy atom. The maximum absolute atomic E-state index is 13.0. The van der Waals surface area contributed by atoms with E-state index >= 15 is 0 Å². The van der Waals surface area contributed by atoms with Crippen LogP contribution in [0.25, 0.3) is 10.9 Å². The van der Waals surface area contributed by atoms with E-state index in [0.717, 1.165) is 16.7 Å². The lowest BCUT2D eigenvalue weighted by molar-refractivity contribution is -0.138. The monoisotopic (exact) mass is 449 g/mol. The number of aromatic nitrogens is 2. The van der Waals surface area contributed by atoms with Crippen molar-refractivity contribution in [3.05, 3.63) is 63.6 Å². The van der Waals surface area contributed by atoms with E-state index in [2.05, 4.69) is 4.98 Å².